The van der Waals surface area contributed by atoms with Crippen molar-refractivity contribution in [2.75, 3.05) is 20.2 Å². The van der Waals surface area contributed by atoms with E-state index in [0.717, 1.165) is 38.1 Å². The Morgan fingerprint density at radius 1 is 1.33 bits per heavy atom. The van der Waals surface area contributed by atoms with Gasteiger partial charge in [0.2, 0.25) is 5.91 Å². The molecule has 2 aromatic rings. The Hall–Kier alpha value is -2.30. The van der Waals surface area contributed by atoms with Crippen LogP contribution in [0.4, 0.5) is 0 Å². The molecule has 1 saturated carbocycles. The van der Waals surface area contributed by atoms with Crippen LogP contribution < -0.4 is 4.74 Å². The van der Waals surface area contributed by atoms with Crippen molar-refractivity contribution in [1.82, 2.24) is 14.5 Å². The van der Waals surface area contributed by atoms with Gasteiger partial charge in [0.15, 0.2) is 0 Å². The molecule has 0 N–H and O–H groups in total. The lowest BCUT2D eigenvalue weighted by Gasteiger charge is -2.33. The summed E-state index contributed by atoms with van der Waals surface area (Å²) >= 11 is 0. The molecule has 0 spiro atoms. The first-order valence-corrected chi connectivity index (χ1v) is 8.67. The van der Waals surface area contributed by atoms with E-state index < -0.39 is 0 Å². The fourth-order valence-electron chi connectivity index (χ4n) is 3.90. The Bertz CT molecular complexity index is 713. The molecule has 5 heteroatoms. The standard InChI is InChI=1S/C19H23N3O2/c1-24-18-7-3-2-6-15(18)16-11-17(16)19(23)21-9-4-5-14(12-21)22-10-8-20-13-22/h2-3,6-8,10,13-14,16-17H,4-5,9,11-12H2,1H3/t14-,16-,17+/m0/s1. The van der Waals surface area contributed by atoms with Gasteiger partial charge >= 0.3 is 0 Å². The number of carbonyl (C=O) groups excluding carboxylic acids is 1. The highest BCUT2D eigenvalue weighted by molar-refractivity contribution is 5.83. The molecule has 2 heterocycles. The predicted octanol–water partition coefficient (Wildman–Crippen LogP) is 2.86. The summed E-state index contributed by atoms with van der Waals surface area (Å²) in [7, 11) is 1.69. The molecule has 2 aliphatic rings. The molecule has 1 amide bonds. The highest BCUT2D eigenvalue weighted by Gasteiger charge is 2.47. The summed E-state index contributed by atoms with van der Waals surface area (Å²) in [5.41, 5.74) is 1.17. The van der Waals surface area contributed by atoms with Crippen LogP contribution in [0, 0.1) is 5.92 Å². The van der Waals surface area contributed by atoms with Crippen LogP contribution in [-0.2, 0) is 4.79 Å². The van der Waals surface area contributed by atoms with Crippen LogP contribution in [0.15, 0.2) is 43.0 Å². The maximum absolute atomic E-state index is 12.9. The van der Waals surface area contributed by atoms with Crippen molar-refractivity contribution in [3.63, 3.8) is 0 Å². The Balaban J connectivity index is 1.43. The summed E-state index contributed by atoms with van der Waals surface area (Å²) < 4.78 is 7.58. The summed E-state index contributed by atoms with van der Waals surface area (Å²) in [6.45, 7) is 1.67. The van der Waals surface area contributed by atoms with Gasteiger partial charge in [-0.15, -0.1) is 0 Å². The lowest BCUT2D eigenvalue weighted by atomic mass is 10.0. The molecule has 3 atom stereocenters. The molecule has 4 rings (SSSR count). The molecule has 2 fully saturated rings. The van der Waals surface area contributed by atoms with Gasteiger partial charge in [-0.05, 0) is 36.8 Å². The summed E-state index contributed by atoms with van der Waals surface area (Å²) in [5, 5.41) is 0. The second-order valence-corrected chi connectivity index (χ2v) is 6.78. The average Bonchev–Trinajstić information content (AvgIpc) is 3.24. The molecule has 1 saturated heterocycles. The molecule has 0 radical (unpaired) electrons. The van der Waals surface area contributed by atoms with Gasteiger partial charge in [0.25, 0.3) is 0 Å². The fraction of sp³-hybridized carbons (Fsp3) is 0.474. The van der Waals surface area contributed by atoms with Gasteiger partial charge < -0.3 is 14.2 Å². The number of aromatic nitrogens is 2. The number of hydrogen-bond acceptors (Lipinski definition) is 3. The minimum atomic E-state index is 0.114. The minimum Gasteiger partial charge on any atom is -0.496 e. The van der Waals surface area contributed by atoms with Crippen LogP contribution in [0.5, 0.6) is 5.75 Å². The Morgan fingerprint density at radius 3 is 3.00 bits per heavy atom. The van der Waals surface area contributed by atoms with E-state index in [2.05, 4.69) is 15.6 Å². The predicted molar refractivity (Wildman–Crippen MR) is 90.9 cm³/mol. The molecular weight excluding hydrogens is 302 g/mol. The number of likely N-dealkylation sites (tertiary alicyclic amines) is 1. The quantitative estimate of drug-likeness (QED) is 0.868. The number of benzene rings is 1. The normalized spacial score (nSPS) is 26.2. The molecule has 0 unspecified atom stereocenters. The minimum absolute atomic E-state index is 0.114. The van der Waals surface area contributed by atoms with Gasteiger partial charge in [0.05, 0.1) is 19.5 Å². The van der Waals surface area contributed by atoms with E-state index >= 15 is 0 Å². The molecule has 24 heavy (non-hydrogen) atoms. The molecule has 1 aromatic carbocycles. The van der Waals surface area contributed by atoms with Crippen molar-refractivity contribution >= 4 is 5.91 Å². The van der Waals surface area contributed by atoms with Crippen LogP contribution in [0.2, 0.25) is 0 Å². The average molecular weight is 325 g/mol. The van der Waals surface area contributed by atoms with E-state index in [9.17, 15) is 4.79 Å². The lowest BCUT2D eigenvalue weighted by Crippen LogP contribution is -2.41. The number of nitrogens with zero attached hydrogens (tertiary/aromatic N) is 3. The largest absolute Gasteiger partial charge is 0.496 e. The van der Waals surface area contributed by atoms with Gasteiger partial charge in [0, 0.05) is 31.4 Å². The summed E-state index contributed by atoms with van der Waals surface area (Å²) in [4.78, 5) is 19.1. The van der Waals surface area contributed by atoms with Gasteiger partial charge in [-0.2, -0.15) is 0 Å². The smallest absolute Gasteiger partial charge is 0.226 e. The maximum atomic E-state index is 12.9. The Morgan fingerprint density at radius 2 is 2.21 bits per heavy atom. The SMILES string of the molecule is COc1ccccc1[C@@H]1C[C@H]1C(=O)N1CCC[C@H](n2ccnc2)C1. The van der Waals surface area contributed by atoms with Crippen molar-refractivity contribution in [3.8, 4) is 5.75 Å². The van der Waals surface area contributed by atoms with E-state index in [1.807, 2.05) is 35.6 Å². The van der Waals surface area contributed by atoms with Crippen molar-refractivity contribution in [2.45, 2.75) is 31.2 Å². The zero-order chi connectivity index (χ0) is 16.5. The number of ether oxygens (including phenoxy) is 1. The van der Waals surface area contributed by atoms with Crippen LogP contribution >= 0.6 is 0 Å². The van der Waals surface area contributed by atoms with Crippen LogP contribution in [0.1, 0.15) is 36.8 Å². The van der Waals surface area contributed by atoms with E-state index in [1.54, 1.807) is 13.3 Å². The molecule has 1 aliphatic heterocycles. The number of methoxy groups -OCH3 is 1. The Kier molecular flexibility index (Phi) is 4.00. The first kappa shape index (κ1) is 15.2. The van der Waals surface area contributed by atoms with Gasteiger partial charge in [-0.25, -0.2) is 4.98 Å². The first-order valence-electron chi connectivity index (χ1n) is 8.67. The van der Waals surface area contributed by atoms with E-state index in [4.69, 9.17) is 4.74 Å². The van der Waals surface area contributed by atoms with Crippen molar-refractivity contribution in [1.29, 1.82) is 0 Å². The zero-order valence-electron chi connectivity index (χ0n) is 14.0. The number of piperidine rings is 1. The number of para-hydroxylation sites is 1. The molecule has 1 aliphatic carbocycles. The summed E-state index contributed by atoms with van der Waals surface area (Å²) in [6.07, 6.45) is 8.76. The maximum Gasteiger partial charge on any atom is 0.226 e. The lowest BCUT2D eigenvalue weighted by molar-refractivity contribution is -0.134. The second-order valence-electron chi connectivity index (χ2n) is 6.78. The first-order chi connectivity index (χ1) is 11.8. The molecular formula is C19H23N3O2. The van der Waals surface area contributed by atoms with E-state index in [-0.39, 0.29) is 5.92 Å². The topological polar surface area (TPSA) is 47.4 Å². The number of imidazole rings is 1. The number of amides is 1. The van der Waals surface area contributed by atoms with Gasteiger partial charge in [-0.1, -0.05) is 18.2 Å². The highest BCUT2D eigenvalue weighted by Crippen LogP contribution is 2.51. The number of rotatable bonds is 4. The Labute approximate surface area is 142 Å². The second kappa shape index (κ2) is 6.30. The highest BCUT2D eigenvalue weighted by atomic mass is 16.5. The van der Waals surface area contributed by atoms with Crippen LogP contribution in [0.3, 0.4) is 0 Å². The fourth-order valence-corrected chi connectivity index (χ4v) is 3.90. The number of carbonyl (C=O) groups is 1. The molecule has 0 bridgehead atoms. The summed E-state index contributed by atoms with van der Waals surface area (Å²) in [6, 6.07) is 8.41. The molecule has 126 valence electrons. The van der Waals surface area contributed by atoms with Crippen molar-refractivity contribution in [2.24, 2.45) is 5.92 Å². The monoisotopic (exact) mass is 325 g/mol. The van der Waals surface area contributed by atoms with Crippen LogP contribution in [-0.4, -0.2) is 40.6 Å². The van der Waals surface area contributed by atoms with Crippen molar-refractivity contribution < 1.29 is 9.53 Å². The van der Waals surface area contributed by atoms with E-state index in [1.165, 1.54) is 5.56 Å². The van der Waals surface area contributed by atoms with Gasteiger partial charge in [-0.3, -0.25) is 4.79 Å². The van der Waals surface area contributed by atoms with Crippen molar-refractivity contribution in [3.05, 3.63) is 48.5 Å². The number of hydrogen-bond donors (Lipinski definition) is 0. The molecule has 1 aromatic heterocycles. The van der Waals surface area contributed by atoms with Crippen LogP contribution in [0.25, 0.3) is 0 Å². The third-order valence-electron chi connectivity index (χ3n) is 5.30. The third-order valence-corrected chi connectivity index (χ3v) is 5.30. The van der Waals surface area contributed by atoms with Gasteiger partial charge in [0.1, 0.15) is 5.75 Å². The third kappa shape index (κ3) is 2.79. The van der Waals surface area contributed by atoms with E-state index in [0.29, 0.717) is 17.9 Å². The zero-order valence-corrected chi connectivity index (χ0v) is 14.0. The molecule has 5 nitrogen and oxygen atoms in total. The summed E-state index contributed by atoms with van der Waals surface area (Å²) in [5.74, 6) is 1.62.